The van der Waals surface area contributed by atoms with Crippen molar-refractivity contribution in [2.75, 3.05) is 5.73 Å². The van der Waals surface area contributed by atoms with Crippen molar-refractivity contribution in [1.82, 2.24) is 0 Å². The number of nitrogens with two attached hydrogens (primary N) is 1. The maximum absolute atomic E-state index is 10.3. The molecule has 3 nitrogen and oxygen atoms in total. The maximum atomic E-state index is 10.3. The van der Waals surface area contributed by atoms with E-state index in [2.05, 4.69) is 0 Å². The van der Waals surface area contributed by atoms with Crippen LogP contribution >= 0.6 is 0 Å². The molecule has 0 saturated heterocycles. The molecule has 0 heterocycles. The minimum atomic E-state index is -0.726. The number of carbonyl (C=O) groups is 1. The molecule has 0 radical (unpaired) electrons. The van der Waals surface area contributed by atoms with Crippen molar-refractivity contribution in [2.45, 2.75) is 25.7 Å². The molecule has 0 aliphatic heterocycles. The number of benzene rings is 1. The van der Waals surface area contributed by atoms with Crippen molar-refractivity contribution in [3.63, 3.8) is 0 Å². The molecule has 0 fully saturated rings. The van der Waals surface area contributed by atoms with Gasteiger partial charge in [0.05, 0.1) is 0 Å². The van der Waals surface area contributed by atoms with Gasteiger partial charge in [0.25, 0.3) is 0 Å². The largest absolute Gasteiger partial charge is 0.481 e. The molecule has 0 spiro atoms. The van der Waals surface area contributed by atoms with Gasteiger partial charge in [-0.25, -0.2) is 0 Å². The molecule has 0 atom stereocenters. The second kappa shape index (κ2) is 6.67. The molecule has 0 saturated carbocycles. The number of carboxylic acid groups (broad SMARTS) is 1. The topological polar surface area (TPSA) is 63.3 Å². The number of nitrogen functional groups attached to an aromatic ring is 1. The lowest BCUT2D eigenvalue weighted by Crippen LogP contribution is -1.92. The molecule has 1 rings (SSSR count). The summed E-state index contributed by atoms with van der Waals surface area (Å²) in [5.41, 5.74) is 7.55. The first-order chi connectivity index (χ1) is 7.70. The maximum Gasteiger partial charge on any atom is 0.303 e. The van der Waals surface area contributed by atoms with E-state index < -0.39 is 5.97 Å². The van der Waals surface area contributed by atoms with Crippen molar-refractivity contribution in [3.05, 3.63) is 35.9 Å². The average molecular weight is 219 g/mol. The first kappa shape index (κ1) is 12.3. The van der Waals surface area contributed by atoms with E-state index in [1.54, 1.807) is 0 Å². The molecule has 3 N–H and O–H groups in total. The van der Waals surface area contributed by atoms with Gasteiger partial charge in [0, 0.05) is 12.1 Å². The molecule has 1 aromatic rings. The highest BCUT2D eigenvalue weighted by atomic mass is 16.4. The summed E-state index contributed by atoms with van der Waals surface area (Å²) >= 11 is 0. The number of rotatable bonds is 6. The van der Waals surface area contributed by atoms with Gasteiger partial charge in [0.2, 0.25) is 0 Å². The number of hydrogen-bond acceptors (Lipinski definition) is 2. The van der Waals surface area contributed by atoms with Crippen LogP contribution in [0.25, 0.3) is 6.08 Å². The van der Waals surface area contributed by atoms with E-state index >= 15 is 0 Å². The fraction of sp³-hybridized carbons (Fsp3) is 0.308. The molecule has 0 aromatic heterocycles. The van der Waals surface area contributed by atoms with E-state index in [0.29, 0.717) is 0 Å². The normalized spacial score (nSPS) is 10.8. The van der Waals surface area contributed by atoms with Gasteiger partial charge in [-0.3, -0.25) is 4.79 Å². The third-order valence-electron chi connectivity index (χ3n) is 2.30. The van der Waals surface area contributed by atoms with E-state index in [1.807, 2.05) is 36.4 Å². The summed E-state index contributed by atoms with van der Waals surface area (Å²) in [7, 11) is 0. The predicted molar refractivity (Wildman–Crippen MR) is 66.0 cm³/mol. The summed E-state index contributed by atoms with van der Waals surface area (Å²) in [6.07, 6.45) is 6.78. The van der Waals surface area contributed by atoms with Crippen LogP contribution in [-0.2, 0) is 4.79 Å². The third kappa shape index (κ3) is 4.64. The van der Waals surface area contributed by atoms with Crippen LogP contribution in [0.15, 0.2) is 30.3 Å². The lowest BCUT2D eigenvalue weighted by atomic mass is 10.1. The Bertz CT molecular complexity index is 372. The number of allylic oxidation sites excluding steroid dienone is 1. The summed E-state index contributed by atoms with van der Waals surface area (Å²) < 4.78 is 0. The zero-order chi connectivity index (χ0) is 11.8. The zero-order valence-electron chi connectivity index (χ0n) is 9.23. The number of para-hydroxylation sites is 1. The summed E-state index contributed by atoms with van der Waals surface area (Å²) in [6, 6.07) is 7.67. The molecule has 0 aliphatic rings. The first-order valence-corrected chi connectivity index (χ1v) is 5.43. The minimum absolute atomic E-state index is 0.251. The van der Waals surface area contributed by atoms with Crippen LogP contribution < -0.4 is 5.73 Å². The summed E-state index contributed by atoms with van der Waals surface area (Å²) in [4.78, 5) is 10.3. The predicted octanol–water partition coefficient (Wildman–Crippen LogP) is 2.93. The van der Waals surface area contributed by atoms with Crippen LogP contribution in [0.2, 0.25) is 0 Å². The SMILES string of the molecule is Nc1ccccc1/C=C/CCCCC(=O)O. The molecule has 16 heavy (non-hydrogen) atoms. The Morgan fingerprint density at radius 1 is 1.31 bits per heavy atom. The van der Waals surface area contributed by atoms with Gasteiger partial charge in [0.15, 0.2) is 0 Å². The van der Waals surface area contributed by atoms with Gasteiger partial charge in [-0.2, -0.15) is 0 Å². The number of carboxylic acids is 1. The standard InChI is InChI=1S/C13H17NO2/c14-12-9-6-5-8-11(12)7-3-1-2-4-10-13(15)16/h3,5-9H,1-2,4,10,14H2,(H,15,16)/b7-3+. The average Bonchev–Trinajstić information content (AvgIpc) is 2.25. The van der Waals surface area contributed by atoms with Crippen molar-refractivity contribution in [2.24, 2.45) is 0 Å². The zero-order valence-corrected chi connectivity index (χ0v) is 9.23. The van der Waals surface area contributed by atoms with E-state index in [-0.39, 0.29) is 6.42 Å². The van der Waals surface area contributed by atoms with Crippen molar-refractivity contribution in [3.8, 4) is 0 Å². The summed E-state index contributed by atoms with van der Waals surface area (Å²) in [5, 5.41) is 8.45. The lowest BCUT2D eigenvalue weighted by molar-refractivity contribution is -0.137. The van der Waals surface area contributed by atoms with Gasteiger partial charge in [0.1, 0.15) is 0 Å². The Morgan fingerprint density at radius 3 is 2.75 bits per heavy atom. The van der Waals surface area contributed by atoms with Crippen molar-refractivity contribution in [1.29, 1.82) is 0 Å². The highest BCUT2D eigenvalue weighted by molar-refractivity contribution is 5.66. The molecule has 0 unspecified atom stereocenters. The van der Waals surface area contributed by atoms with Gasteiger partial charge in [-0.1, -0.05) is 30.4 Å². The Labute approximate surface area is 95.6 Å². The summed E-state index contributed by atoms with van der Waals surface area (Å²) in [5.74, 6) is -0.726. The van der Waals surface area contributed by atoms with Gasteiger partial charge in [-0.05, 0) is 30.9 Å². The second-order valence-corrected chi connectivity index (χ2v) is 3.67. The number of hydrogen-bond donors (Lipinski definition) is 2. The van der Waals surface area contributed by atoms with E-state index in [9.17, 15) is 4.79 Å². The Balaban J connectivity index is 2.27. The van der Waals surface area contributed by atoms with E-state index in [0.717, 1.165) is 30.5 Å². The highest BCUT2D eigenvalue weighted by Crippen LogP contribution is 2.13. The lowest BCUT2D eigenvalue weighted by Gasteiger charge is -1.98. The minimum Gasteiger partial charge on any atom is -0.481 e. The monoisotopic (exact) mass is 219 g/mol. The van der Waals surface area contributed by atoms with Crippen molar-refractivity contribution >= 4 is 17.7 Å². The quantitative estimate of drug-likeness (QED) is 0.571. The van der Waals surface area contributed by atoms with Crippen LogP contribution in [0, 0.1) is 0 Å². The summed E-state index contributed by atoms with van der Waals surface area (Å²) in [6.45, 7) is 0. The number of unbranched alkanes of at least 4 members (excludes halogenated alkanes) is 2. The van der Waals surface area contributed by atoms with Gasteiger partial charge < -0.3 is 10.8 Å². The molecule has 0 bridgehead atoms. The first-order valence-electron chi connectivity index (χ1n) is 5.43. The molecule has 3 heteroatoms. The second-order valence-electron chi connectivity index (χ2n) is 3.67. The highest BCUT2D eigenvalue weighted by Gasteiger charge is 1.95. The molecule has 86 valence electrons. The van der Waals surface area contributed by atoms with Gasteiger partial charge in [-0.15, -0.1) is 0 Å². The van der Waals surface area contributed by atoms with E-state index in [1.165, 1.54) is 0 Å². The van der Waals surface area contributed by atoms with Crippen LogP contribution in [0.5, 0.6) is 0 Å². The fourth-order valence-corrected chi connectivity index (χ4v) is 1.41. The molecule has 0 aliphatic carbocycles. The van der Waals surface area contributed by atoms with Crippen LogP contribution in [0.1, 0.15) is 31.2 Å². The smallest absolute Gasteiger partial charge is 0.303 e. The van der Waals surface area contributed by atoms with Crippen LogP contribution in [0.4, 0.5) is 5.69 Å². The van der Waals surface area contributed by atoms with Crippen LogP contribution in [0.3, 0.4) is 0 Å². The fourth-order valence-electron chi connectivity index (χ4n) is 1.41. The van der Waals surface area contributed by atoms with Gasteiger partial charge >= 0.3 is 5.97 Å². The molecule has 0 amide bonds. The van der Waals surface area contributed by atoms with Crippen molar-refractivity contribution < 1.29 is 9.90 Å². The number of aliphatic carboxylic acids is 1. The third-order valence-corrected chi connectivity index (χ3v) is 2.30. The van der Waals surface area contributed by atoms with E-state index in [4.69, 9.17) is 10.8 Å². The van der Waals surface area contributed by atoms with Crippen LogP contribution in [-0.4, -0.2) is 11.1 Å². The molecule has 1 aromatic carbocycles. The molecular formula is C13H17NO2. The Kier molecular flexibility index (Phi) is 5.12. The Morgan fingerprint density at radius 2 is 2.06 bits per heavy atom. The number of anilines is 1. The molecular weight excluding hydrogens is 202 g/mol. The Hall–Kier alpha value is -1.77.